The Labute approximate surface area is 145 Å². The van der Waals surface area contributed by atoms with Crippen molar-refractivity contribution in [3.63, 3.8) is 0 Å². The molecule has 0 aliphatic rings. The van der Waals surface area contributed by atoms with Crippen molar-refractivity contribution in [3.05, 3.63) is 67.6 Å². The van der Waals surface area contributed by atoms with Crippen LogP contribution in [0.5, 0.6) is 0 Å². The predicted molar refractivity (Wildman–Crippen MR) is 93.2 cm³/mol. The second-order valence-electron chi connectivity index (χ2n) is 4.70. The van der Waals surface area contributed by atoms with E-state index in [-0.39, 0.29) is 0 Å². The zero-order valence-electron chi connectivity index (χ0n) is 12.1. The molecule has 0 aromatic heterocycles. The maximum atomic E-state index is 10.7. The zero-order chi connectivity index (χ0) is 16.9. The number of hydrogen-bond acceptors (Lipinski definition) is 2. The van der Waals surface area contributed by atoms with Crippen LogP contribution in [0.3, 0.4) is 0 Å². The van der Waals surface area contributed by atoms with Crippen LogP contribution in [0.25, 0.3) is 0 Å². The van der Waals surface area contributed by atoms with Crippen LogP contribution in [0.1, 0.15) is 31.8 Å². The van der Waals surface area contributed by atoms with Crippen LogP contribution in [-0.4, -0.2) is 17.0 Å². The number of nitrogens with two attached hydrogens (primary N) is 1. The summed E-state index contributed by atoms with van der Waals surface area (Å²) in [5.74, 6) is -1.29. The van der Waals surface area contributed by atoms with Gasteiger partial charge in [-0.15, -0.1) is 0 Å². The first-order valence-electron chi connectivity index (χ1n) is 6.26. The van der Waals surface area contributed by atoms with Gasteiger partial charge in [-0.1, -0.05) is 31.9 Å². The number of aryl methyl sites for hydroxylation is 2. The van der Waals surface area contributed by atoms with Gasteiger partial charge in [0.05, 0.1) is 5.56 Å². The average molecular weight is 429 g/mol. The zero-order valence-corrected chi connectivity index (χ0v) is 15.2. The molecular weight excluding hydrogens is 414 g/mol. The molecule has 0 radical (unpaired) electrons. The second kappa shape index (κ2) is 8.10. The summed E-state index contributed by atoms with van der Waals surface area (Å²) in [7, 11) is 0. The molecule has 0 aliphatic heterocycles. The van der Waals surface area contributed by atoms with Crippen molar-refractivity contribution < 1.29 is 14.7 Å². The molecule has 2 aromatic rings. The SMILES string of the molecule is Cc1cc(Br)cc(C(=O)O)c1.Cc1cc(Br)cc(C(N)=O)c1. The fraction of sp³-hybridized carbons (Fsp3) is 0.125. The lowest BCUT2D eigenvalue weighted by molar-refractivity contribution is 0.0696. The van der Waals surface area contributed by atoms with E-state index >= 15 is 0 Å². The molecule has 0 aliphatic carbocycles. The molecule has 2 aromatic carbocycles. The van der Waals surface area contributed by atoms with E-state index in [1.54, 1.807) is 24.3 Å². The third kappa shape index (κ3) is 5.99. The van der Waals surface area contributed by atoms with Crippen LogP contribution in [0.15, 0.2) is 45.3 Å². The Morgan fingerprint density at radius 3 is 1.64 bits per heavy atom. The Bertz CT molecular complexity index is 613. The molecule has 0 bridgehead atoms. The topological polar surface area (TPSA) is 80.4 Å². The van der Waals surface area contributed by atoms with Gasteiger partial charge in [-0.25, -0.2) is 4.79 Å². The highest BCUT2D eigenvalue weighted by atomic mass is 79.9. The number of benzene rings is 2. The largest absolute Gasteiger partial charge is 0.478 e. The average Bonchev–Trinajstić information content (AvgIpc) is 2.37. The molecule has 116 valence electrons. The summed E-state index contributed by atoms with van der Waals surface area (Å²) in [5, 5.41) is 8.61. The summed E-state index contributed by atoms with van der Waals surface area (Å²) < 4.78 is 1.68. The van der Waals surface area contributed by atoms with E-state index in [0.29, 0.717) is 11.1 Å². The third-order valence-corrected chi connectivity index (χ3v) is 3.53. The molecule has 0 heterocycles. The van der Waals surface area contributed by atoms with Gasteiger partial charge in [0, 0.05) is 14.5 Å². The highest BCUT2D eigenvalue weighted by Gasteiger charge is 2.03. The van der Waals surface area contributed by atoms with E-state index in [4.69, 9.17) is 10.8 Å². The standard InChI is InChI=1S/C8H8BrNO.C8H7BrO2/c2*1-5-2-6(8(10)11)4-7(9)3-5/h2-4H,1H3,(H2,10,11);2-4H,1H3,(H,10,11). The Balaban J connectivity index is 0.000000220. The van der Waals surface area contributed by atoms with Crippen LogP contribution in [0, 0.1) is 13.8 Å². The van der Waals surface area contributed by atoms with Gasteiger partial charge in [0.1, 0.15) is 0 Å². The minimum Gasteiger partial charge on any atom is -0.478 e. The molecule has 0 atom stereocenters. The number of primary amides is 1. The van der Waals surface area contributed by atoms with Crippen molar-refractivity contribution in [2.75, 3.05) is 0 Å². The summed E-state index contributed by atoms with van der Waals surface area (Å²) in [6, 6.07) is 10.5. The van der Waals surface area contributed by atoms with Crippen molar-refractivity contribution in [1.82, 2.24) is 0 Å². The van der Waals surface area contributed by atoms with Crippen molar-refractivity contribution in [3.8, 4) is 0 Å². The molecule has 0 unspecified atom stereocenters. The van der Waals surface area contributed by atoms with Crippen molar-refractivity contribution in [2.24, 2.45) is 5.73 Å². The van der Waals surface area contributed by atoms with Gasteiger partial charge in [0.25, 0.3) is 0 Å². The molecule has 22 heavy (non-hydrogen) atoms. The maximum Gasteiger partial charge on any atom is 0.335 e. The van der Waals surface area contributed by atoms with Gasteiger partial charge in [0.2, 0.25) is 5.91 Å². The predicted octanol–water partition coefficient (Wildman–Crippen LogP) is 4.31. The van der Waals surface area contributed by atoms with E-state index in [9.17, 15) is 9.59 Å². The number of hydrogen-bond donors (Lipinski definition) is 2. The van der Waals surface area contributed by atoms with E-state index in [1.807, 2.05) is 26.0 Å². The Hall–Kier alpha value is -1.66. The Kier molecular flexibility index (Phi) is 6.77. The number of rotatable bonds is 2. The molecular formula is C16H15Br2NO3. The number of carboxylic acids is 1. The van der Waals surface area contributed by atoms with Gasteiger partial charge in [-0.05, 0) is 61.4 Å². The Morgan fingerprint density at radius 2 is 1.27 bits per heavy atom. The quantitative estimate of drug-likeness (QED) is 0.747. The number of aromatic carboxylic acids is 1. The molecule has 0 spiro atoms. The normalized spacial score (nSPS) is 9.64. The molecule has 3 N–H and O–H groups in total. The summed E-state index contributed by atoms with van der Waals surface area (Å²) in [6.07, 6.45) is 0. The van der Waals surface area contributed by atoms with E-state index in [0.717, 1.165) is 20.1 Å². The first-order valence-corrected chi connectivity index (χ1v) is 7.85. The number of amides is 1. The first kappa shape index (κ1) is 18.4. The van der Waals surface area contributed by atoms with E-state index < -0.39 is 11.9 Å². The van der Waals surface area contributed by atoms with Gasteiger partial charge in [0.15, 0.2) is 0 Å². The highest BCUT2D eigenvalue weighted by Crippen LogP contribution is 2.15. The van der Waals surface area contributed by atoms with E-state index in [1.165, 1.54) is 0 Å². The summed E-state index contributed by atoms with van der Waals surface area (Å²) in [5.41, 5.74) is 7.91. The number of carboxylic acid groups (broad SMARTS) is 1. The minimum atomic E-state index is -0.894. The van der Waals surface area contributed by atoms with E-state index in [2.05, 4.69) is 31.9 Å². The van der Waals surface area contributed by atoms with Crippen molar-refractivity contribution in [1.29, 1.82) is 0 Å². The molecule has 0 saturated carbocycles. The number of carbonyl (C=O) groups is 2. The summed E-state index contributed by atoms with van der Waals surface area (Å²) in [4.78, 5) is 21.2. The summed E-state index contributed by atoms with van der Waals surface area (Å²) in [6.45, 7) is 3.77. The van der Waals surface area contributed by atoms with Crippen LogP contribution >= 0.6 is 31.9 Å². The molecule has 6 heteroatoms. The maximum absolute atomic E-state index is 10.7. The molecule has 0 fully saturated rings. The highest BCUT2D eigenvalue weighted by molar-refractivity contribution is 9.10. The lowest BCUT2D eigenvalue weighted by Gasteiger charge is -1.98. The number of carbonyl (C=O) groups excluding carboxylic acids is 1. The molecule has 0 saturated heterocycles. The van der Waals surface area contributed by atoms with Crippen LogP contribution < -0.4 is 5.73 Å². The lowest BCUT2D eigenvalue weighted by atomic mass is 10.1. The number of halogens is 2. The van der Waals surface area contributed by atoms with Crippen LogP contribution in [0.4, 0.5) is 0 Å². The fourth-order valence-electron chi connectivity index (χ4n) is 1.74. The smallest absolute Gasteiger partial charge is 0.335 e. The monoisotopic (exact) mass is 427 g/mol. The fourth-order valence-corrected chi connectivity index (χ4v) is 2.95. The summed E-state index contributed by atoms with van der Waals surface area (Å²) >= 11 is 6.49. The third-order valence-electron chi connectivity index (χ3n) is 2.62. The van der Waals surface area contributed by atoms with Crippen molar-refractivity contribution >= 4 is 43.7 Å². The van der Waals surface area contributed by atoms with Crippen LogP contribution in [-0.2, 0) is 0 Å². The van der Waals surface area contributed by atoms with Gasteiger partial charge in [-0.2, -0.15) is 0 Å². The second-order valence-corrected chi connectivity index (χ2v) is 6.54. The molecule has 4 nitrogen and oxygen atoms in total. The van der Waals surface area contributed by atoms with Gasteiger partial charge < -0.3 is 10.8 Å². The van der Waals surface area contributed by atoms with Crippen LogP contribution in [0.2, 0.25) is 0 Å². The van der Waals surface area contributed by atoms with Gasteiger partial charge >= 0.3 is 5.97 Å². The van der Waals surface area contributed by atoms with Gasteiger partial charge in [-0.3, -0.25) is 4.79 Å². The first-order chi connectivity index (χ1) is 10.2. The molecule has 2 rings (SSSR count). The lowest BCUT2D eigenvalue weighted by Crippen LogP contribution is -2.10. The molecule has 1 amide bonds. The Morgan fingerprint density at radius 1 is 0.864 bits per heavy atom. The van der Waals surface area contributed by atoms with Crippen molar-refractivity contribution in [2.45, 2.75) is 13.8 Å². The minimum absolute atomic E-state index is 0.317.